The molecular weight excluding hydrogens is 431 g/mol. The maximum atomic E-state index is 13.2. The molecule has 0 radical (unpaired) electrons. The zero-order valence-electron chi connectivity index (χ0n) is 22.3. The van der Waals surface area contributed by atoms with Crippen molar-refractivity contribution in [3.05, 3.63) is 35.2 Å². The van der Waals surface area contributed by atoms with E-state index in [0.29, 0.717) is 0 Å². The molecule has 31 heavy (non-hydrogen) atoms. The Morgan fingerprint density at radius 1 is 0.871 bits per heavy atom. The molecule has 7 heteroatoms. The fourth-order valence-corrected chi connectivity index (χ4v) is 9.43. The summed E-state index contributed by atoms with van der Waals surface area (Å²) >= 11 is 0. The monoisotopic (exact) mass is 475 g/mol. The Labute approximate surface area is 193 Å². The van der Waals surface area contributed by atoms with Gasteiger partial charge in [-0.1, -0.05) is 110 Å². The Hall–Kier alpha value is -1.19. The maximum Gasteiger partial charge on any atom is 0.170 e. The molecular formula is C24H45N3OSi3. The van der Waals surface area contributed by atoms with Crippen LogP contribution < -0.4 is 15.3 Å². The van der Waals surface area contributed by atoms with Gasteiger partial charge in [0.1, 0.15) is 8.07 Å². The van der Waals surface area contributed by atoms with Gasteiger partial charge in [-0.25, -0.2) is 0 Å². The number of hydrogen-bond donors (Lipinski definition) is 0. The Kier molecular flexibility index (Phi) is 6.72. The van der Waals surface area contributed by atoms with Crippen LogP contribution in [0.2, 0.25) is 55.9 Å². The van der Waals surface area contributed by atoms with Crippen molar-refractivity contribution >= 4 is 34.7 Å². The zero-order chi connectivity index (χ0) is 24.2. The van der Waals surface area contributed by atoms with E-state index < -0.39 is 24.2 Å². The minimum atomic E-state index is -1.89. The molecule has 1 aromatic heterocycles. The van der Waals surface area contributed by atoms with E-state index in [0.717, 1.165) is 27.6 Å². The Bertz CT molecular complexity index is 942. The smallest absolute Gasteiger partial charge is 0.170 e. The van der Waals surface area contributed by atoms with Gasteiger partial charge in [0.15, 0.2) is 16.7 Å². The first-order valence-corrected chi connectivity index (χ1v) is 21.2. The highest BCUT2D eigenvalue weighted by molar-refractivity contribution is 6.93. The Balaban J connectivity index is 2.87. The summed E-state index contributed by atoms with van der Waals surface area (Å²) in [6.07, 6.45) is 0. The second-order valence-corrected chi connectivity index (χ2v) is 29.3. The quantitative estimate of drug-likeness (QED) is 0.332. The molecule has 0 aliphatic rings. The first-order chi connectivity index (χ1) is 13.7. The second kappa shape index (κ2) is 7.99. The number of hydrogen-bond acceptors (Lipinski definition) is 2. The van der Waals surface area contributed by atoms with Gasteiger partial charge >= 0.3 is 0 Å². The minimum Gasteiger partial charge on any atom is -0.691 e. The molecule has 1 heterocycles. The van der Waals surface area contributed by atoms with E-state index in [1.54, 1.807) is 0 Å². The van der Waals surface area contributed by atoms with Gasteiger partial charge in [-0.2, -0.15) is 0 Å². The van der Waals surface area contributed by atoms with Crippen LogP contribution in [0.25, 0.3) is 5.69 Å². The molecule has 0 aliphatic carbocycles. The van der Waals surface area contributed by atoms with Crippen LogP contribution >= 0.6 is 0 Å². The van der Waals surface area contributed by atoms with Crippen LogP contribution in [0.4, 0.5) is 0 Å². The lowest BCUT2D eigenvalue weighted by Gasteiger charge is -2.38. The van der Waals surface area contributed by atoms with Crippen molar-refractivity contribution in [1.82, 2.24) is 9.90 Å². The summed E-state index contributed by atoms with van der Waals surface area (Å²) in [5.41, 5.74) is 2.27. The average molecular weight is 476 g/mol. The van der Waals surface area contributed by atoms with Crippen molar-refractivity contribution in [2.45, 2.75) is 103 Å². The van der Waals surface area contributed by atoms with Gasteiger partial charge in [-0.05, 0) is 21.3 Å². The van der Waals surface area contributed by atoms with E-state index in [-0.39, 0.29) is 10.1 Å². The highest BCUT2D eigenvalue weighted by atomic mass is 28.3. The van der Waals surface area contributed by atoms with Crippen LogP contribution in [-0.4, -0.2) is 34.1 Å². The first-order valence-electron chi connectivity index (χ1n) is 11.5. The fourth-order valence-electron chi connectivity index (χ4n) is 3.74. The number of rotatable bonds is 5. The molecule has 0 N–H and O–H groups in total. The molecule has 1 aromatic carbocycles. The lowest BCUT2D eigenvalue weighted by molar-refractivity contribution is -0.654. The van der Waals surface area contributed by atoms with Crippen LogP contribution in [0.15, 0.2) is 24.3 Å². The topological polar surface area (TPSA) is 44.8 Å². The number of para-hydroxylation sites is 1. The van der Waals surface area contributed by atoms with E-state index in [1.165, 1.54) is 5.19 Å². The molecule has 2 aromatic rings. The Morgan fingerprint density at radius 2 is 1.39 bits per heavy atom. The van der Waals surface area contributed by atoms with Gasteiger partial charge in [0.25, 0.3) is 0 Å². The molecule has 0 bridgehead atoms. The molecule has 0 spiro atoms. The number of benzene rings is 1. The van der Waals surface area contributed by atoms with Crippen molar-refractivity contribution in [2.75, 3.05) is 0 Å². The van der Waals surface area contributed by atoms with Crippen molar-refractivity contribution < 1.29 is 4.85 Å². The SMILES string of the molecule is CC(C)(C)[Si](C)(C)Cc1c([Si](C)(C)C)[n+]([O-])nn1-c1ccccc1[Si](C)(C)C(C)(C)C. The maximum absolute atomic E-state index is 13.2. The van der Waals surface area contributed by atoms with Gasteiger partial charge in [0, 0.05) is 6.04 Å². The lowest BCUT2D eigenvalue weighted by atomic mass is 10.2. The number of aromatic nitrogens is 3. The average Bonchev–Trinajstić information content (AvgIpc) is 2.88. The van der Waals surface area contributed by atoms with E-state index in [2.05, 4.69) is 117 Å². The number of nitrogens with zero attached hydrogens (tertiary/aromatic N) is 3. The molecule has 0 fully saturated rings. The van der Waals surface area contributed by atoms with Crippen LogP contribution in [0.3, 0.4) is 0 Å². The molecule has 174 valence electrons. The van der Waals surface area contributed by atoms with Gasteiger partial charge in [0.05, 0.1) is 21.4 Å². The molecule has 4 nitrogen and oxygen atoms in total. The second-order valence-electron chi connectivity index (χ2n) is 13.4. The molecule has 0 unspecified atom stereocenters. The summed E-state index contributed by atoms with van der Waals surface area (Å²) < 4.78 is 2.04. The van der Waals surface area contributed by atoms with E-state index >= 15 is 0 Å². The normalized spacial score (nSPS) is 14.2. The third-order valence-corrected chi connectivity index (χ3v) is 20.6. The lowest BCUT2D eigenvalue weighted by Crippen LogP contribution is -2.59. The molecule has 0 amide bonds. The fraction of sp³-hybridized carbons (Fsp3) is 0.667. The molecule has 2 rings (SSSR count). The zero-order valence-corrected chi connectivity index (χ0v) is 25.3. The van der Waals surface area contributed by atoms with Crippen molar-refractivity contribution in [1.29, 1.82) is 0 Å². The Morgan fingerprint density at radius 3 is 1.84 bits per heavy atom. The highest BCUT2D eigenvalue weighted by Gasteiger charge is 2.44. The first kappa shape index (κ1) is 26.1. The largest absolute Gasteiger partial charge is 0.691 e. The van der Waals surface area contributed by atoms with Gasteiger partial charge in [-0.15, -0.1) is 4.85 Å². The predicted octanol–water partition coefficient (Wildman–Crippen LogP) is 5.36. The van der Waals surface area contributed by atoms with E-state index in [4.69, 9.17) is 0 Å². The third kappa shape index (κ3) is 4.93. The van der Waals surface area contributed by atoms with Gasteiger partial charge in [-0.3, -0.25) is 0 Å². The summed E-state index contributed by atoms with van der Waals surface area (Å²) in [4.78, 5) is 0.955. The standard InChI is InChI=1S/C24H45N3OSi3/c1-23(2,3)30(10,11)18-20-22(29(7,8)9)27(28)25-26(20)19-16-14-15-17-21(19)31(12,13)24(4,5)6/h14-17H,18H2,1-13H3. The molecule has 0 saturated carbocycles. The van der Waals surface area contributed by atoms with Crippen molar-refractivity contribution in [2.24, 2.45) is 0 Å². The predicted molar refractivity (Wildman–Crippen MR) is 143 cm³/mol. The molecule has 0 aliphatic heterocycles. The van der Waals surface area contributed by atoms with Crippen molar-refractivity contribution in [3.8, 4) is 5.69 Å². The molecule has 0 saturated heterocycles. The summed E-state index contributed by atoms with van der Waals surface area (Å²) in [5.74, 6) is 0. The molecule has 0 atom stereocenters. The third-order valence-electron chi connectivity index (χ3n) is 7.92. The summed E-state index contributed by atoms with van der Waals surface area (Å²) in [7, 11) is -5.41. The summed E-state index contributed by atoms with van der Waals surface area (Å²) in [6, 6.07) is 9.64. The van der Waals surface area contributed by atoms with Crippen LogP contribution in [0, 0.1) is 5.21 Å². The van der Waals surface area contributed by atoms with E-state index in [1.807, 2.05) is 4.68 Å². The minimum absolute atomic E-state index is 0.199. The van der Waals surface area contributed by atoms with E-state index in [9.17, 15) is 5.21 Å². The summed E-state index contributed by atoms with van der Waals surface area (Å²) in [5, 5.41) is 20.6. The van der Waals surface area contributed by atoms with Crippen LogP contribution in [0.1, 0.15) is 47.2 Å². The van der Waals surface area contributed by atoms with Gasteiger partial charge < -0.3 is 5.21 Å². The van der Waals surface area contributed by atoms with Crippen LogP contribution in [-0.2, 0) is 6.04 Å². The van der Waals surface area contributed by atoms with Crippen molar-refractivity contribution in [3.63, 3.8) is 0 Å². The van der Waals surface area contributed by atoms with Gasteiger partial charge in [0.2, 0.25) is 0 Å². The summed E-state index contributed by atoms with van der Waals surface area (Å²) in [6.45, 7) is 30.6. The van der Waals surface area contributed by atoms with Crippen LogP contribution in [0.5, 0.6) is 0 Å². The highest BCUT2D eigenvalue weighted by Crippen LogP contribution is 2.39.